The Balaban J connectivity index is 2.87. The highest BCUT2D eigenvalue weighted by Crippen LogP contribution is 2.08. The molecular weight excluding hydrogens is 212 g/mol. The summed E-state index contributed by atoms with van der Waals surface area (Å²) in [5.41, 5.74) is 0.730. The summed E-state index contributed by atoms with van der Waals surface area (Å²) in [4.78, 5) is -0.286. The maximum absolute atomic E-state index is 11.1. The Labute approximate surface area is 88.8 Å². The van der Waals surface area contributed by atoms with Crippen LogP contribution < -0.4 is 5.32 Å². The first-order valence-electron chi connectivity index (χ1n) is 4.16. The number of nitrogens with zero attached hydrogens (tertiary/aromatic N) is 1. The van der Waals surface area contributed by atoms with E-state index in [1.807, 2.05) is 18.2 Å². The lowest BCUT2D eigenvalue weighted by Crippen LogP contribution is -2.01. The van der Waals surface area contributed by atoms with Gasteiger partial charge in [0, 0.05) is 18.1 Å². The minimum atomic E-state index is -3.45. The van der Waals surface area contributed by atoms with Gasteiger partial charge in [0.05, 0.1) is 0 Å². The van der Waals surface area contributed by atoms with Crippen LogP contribution in [-0.2, 0) is 9.84 Å². The molecule has 5 heteroatoms. The van der Waals surface area contributed by atoms with Crippen LogP contribution >= 0.6 is 0 Å². The monoisotopic (exact) mass is 222 g/mol. The second kappa shape index (κ2) is 4.62. The van der Waals surface area contributed by atoms with Crippen molar-refractivity contribution in [3.63, 3.8) is 0 Å². The highest BCUT2D eigenvalue weighted by atomic mass is 32.2. The largest absolute Gasteiger partial charge is 0.360 e. The lowest BCUT2D eigenvalue weighted by Gasteiger charge is -2.00. The molecule has 1 rings (SSSR count). The normalized spacial score (nSPS) is 11.9. The van der Waals surface area contributed by atoms with Crippen LogP contribution in [0, 0.1) is 11.3 Å². The third-order valence-corrected chi connectivity index (χ3v) is 2.66. The second-order valence-corrected chi connectivity index (χ2v) is 4.89. The van der Waals surface area contributed by atoms with Gasteiger partial charge in [-0.2, -0.15) is 5.26 Å². The van der Waals surface area contributed by atoms with E-state index in [0.29, 0.717) is 0 Å². The predicted octanol–water partition coefficient (Wildman–Crippen LogP) is 1.51. The molecule has 1 aromatic rings. The van der Waals surface area contributed by atoms with Crippen LogP contribution in [0.4, 0.5) is 5.69 Å². The molecule has 0 saturated heterocycles. The molecular formula is C10H10N2O2S. The lowest BCUT2D eigenvalue weighted by atomic mass is 10.3. The van der Waals surface area contributed by atoms with E-state index in [1.54, 1.807) is 18.2 Å². The molecule has 78 valence electrons. The summed E-state index contributed by atoms with van der Waals surface area (Å²) in [7, 11) is -3.45. The Hall–Kier alpha value is -1.80. The number of allylic oxidation sites excluding steroid dienone is 1. The maximum Gasteiger partial charge on any atom is 0.187 e. The summed E-state index contributed by atoms with van der Waals surface area (Å²) in [6.45, 7) is 0. The summed E-state index contributed by atoms with van der Waals surface area (Å²) >= 11 is 0. The van der Waals surface area contributed by atoms with Crippen LogP contribution in [0.1, 0.15) is 0 Å². The van der Waals surface area contributed by atoms with Crippen molar-refractivity contribution in [3.8, 4) is 6.07 Å². The van der Waals surface area contributed by atoms with Gasteiger partial charge in [-0.3, -0.25) is 0 Å². The number of anilines is 1. The number of hydrogen-bond acceptors (Lipinski definition) is 4. The zero-order valence-electron chi connectivity index (χ0n) is 8.14. The first-order chi connectivity index (χ1) is 7.04. The molecule has 1 aromatic carbocycles. The van der Waals surface area contributed by atoms with Crippen molar-refractivity contribution < 1.29 is 8.42 Å². The molecule has 0 bridgehead atoms. The standard InChI is InChI=1S/C10H10N2O2S/c1-15(13,14)10(7-11)8-12-9-5-3-2-4-6-9/h2-6,8,12H,1H3/b10-8+. The van der Waals surface area contributed by atoms with Gasteiger partial charge in [-0.25, -0.2) is 8.42 Å². The molecule has 0 atom stereocenters. The highest BCUT2D eigenvalue weighted by Gasteiger charge is 2.09. The molecule has 15 heavy (non-hydrogen) atoms. The van der Waals surface area contributed by atoms with Crippen LogP contribution in [0.25, 0.3) is 0 Å². The highest BCUT2D eigenvalue weighted by molar-refractivity contribution is 7.94. The molecule has 1 N–H and O–H groups in total. The molecule has 0 aliphatic rings. The summed E-state index contributed by atoms with van der Waals surface area (Å²) in [5, 5.41) is 11.3. The van der Waals surface area contributed by atoms with E-state index >= 15 is 0 Å². The third-order valence-electron chi connectivity index (χ3n) is 1.65. The van der Waals surface area contributed by atoms with E-state index in [2.05, 4.69) is 5.32 Å². The van der Waals surface area contributed by atoms with E-state index in [0.717, 1.165) is 11.9 Å². The van der Waals surface area contributed by atoms with Crippen molar-refractivity contribution >= 4 is 15.5 Å². The fraction of sp³-hybridized carbons (Fsp3) is 0.100. The van der Waals surface area contributed by atoms with Gasteiger partial charge in [-0.1, -0.05) is 18.2 Å². The van der Waals surface area contributed by atoms with Crippen molar-refractivity contribution in [3.05, 3.63) is 41.4 Å². The summed E-state index contributed by atoms with van der Waals surface area (Å²) in [6.07, 6.45) is 2.18. The van der Waals surface area contributed by atoms with Gasteiger partial charge in [-0.15, -0.1) is 0 Å². The van der Waals surface area contributed by atoms with Crippen molar-refractivity contribution in [2.24, 2.45) is 0 Å². The van der Waals surface area contributed by atoms with Gasteiger partial charge in [0.25, 0.3) is 0 Å². The van der Waals surface area contributed by atoms with Gasteiger partial charge >= 0.3 is 0 Å². The molecule has 0 aliphatic carbocycles. The van der Waals surface area contributed by atoms with Gasteiger partial charge < -0.3 is 5.32 Å². The molecule has 0 fully saturated rings. The Morgan fingerprint density at radius 1 is 1.40 bits per heavy atom. The molecule has 4 nitrogen and oxygen atoms in total. The fourth-order valence-electron chi connectivity index (χ4n) is 0.905. The van der Waals surface area contributed by atoms with Crippen molar-refractivity contribution in [1.29, 1.82) is 5.26 Å². The average molecular weight is 222 g/mol. The summed E-state index contributed by atoms with van der Waals surface area (Å²) in [5.74, 6) is 0. The lowest BCUT2D eigenvalue weighted by molar-refractivity contribution is 0.608. The van der Waals surface area contributed by atoms with E-state index in [1.165, 1.54) is 6.20 Å². The number of para-hydroxylation sites is 1. The molecule has 0 aromatic heterocycles. The Morgan fingerprint density at radius 2 is 2.00 bits per heavy atom. The van der Waals surface area contributed by atoms with Crippen molar-refractivity contribution in [1.82, 2.24) is 0 Å². The number of nitrogens with one attached hydrogen (secondary N) is 1. The quantitative estimate of drug-likeness (QED) is 0.787. The molecule has 0 amide bonds. The number of rotatable bonds is 3. The number of nitriles is 1. The molecule has 0 radical (unpaired) electrons. The zero-order chi connectivity index (χ0) is 11.3. The Bertz CT molecular complexity index is 498. The van der Waals surface area contributed by atoms with Gasteiger partial charge in [-0.05, 0) is 12.1 Å². The topological polar surface area (TPSA) is 70.0 Å². The molecule has 0 saturated carbocycles. The van der Waals surface area contributed by atoms with Crippen LogP contribution in [-0.4, -0.2) is 14.7 Å². The van der Waals surface area contributed by atoms with E-state index in [4.69, 9.17) is 5.26 Å². The van der Waals surface area contributed by atoms with E-state index in [-0.39, 0.29) is 4.91 Å². The van der Waals surface area contributed by atoms with Crippen LogP contribution in [0.3, 0.4) is 0 Å². The minimum absolute atomic E-state index is 0.286. The summed E-state index contributed by atoms with van der Waals surface area (Å²) in [6, 6.07) is 10.6. The van der Waals surface area contributed by atoms with E-state index < -0.39 is 9.84 Å². The van der Waals surface area contributed by atoms with Crippen molar-refractivity contribution in [2.75, 3.05) is 11.6 Å². The zero-order valence-corrected chi connectivity index (χ0v) is 8.95. The molecule has 0 unspecified atom stereocenters. The molecule has 0 spiro atoms. The minimum Gasteiger partial charge on any atom is -0.360 e. The first kappa shape index (κ1) is 11.3. The third kappa shape index (κ3) is 3.44. The number of benzene rings is 1. The Morgan fingerprint density at radius 3 is 2.47 bits per heavy atom. The smallest absolute Gasteiger partial charge is 0.187 e. The van der Waals surface area contributed by atoms with E-state index in [9.17, 15) is 8.42 Å². The van der Waals surface area contributed by atoms with Gasteiger partial charge in [0.15, 0.2) is 14.7 Å². The molecule has 0 heterocycles. The van der Waals surface area contributed by atoms with Gasteiger partial charge in [0.2, 0.25) is 0 Å². The van der Waals surface area contributed by atoms with Crippen LogP contribution in [0.2, 0.25) is 0 Å². The van der Waals surface area contributed by atoms with Gasteiger partial charge in [0.1, 0.15) is 6.07 Å². The second-order valence-electron chi connectivity index (χ2n) is 2.90. The fourth-order valence-corrected chi connectivity index (χ4v) is 1.34. The first-order valence-corrected chi connectivity index (χ1v) is 6.05. The summed E-state index contributed by atoms with van der Waals surface area (Å²) < 4.78 is 22.1. The van der Waals surface area contributed by atoms with Crippen molar-refractivity contribution in [2.45, 2.75) is 0 Å². The number of hydrogen-bond donors (Lipinski definition) is 1. The number of sulfone groups is 1. The maximum atomic E-state index is 11.1. The molecule has 0 aliphatic heterocycles. The van der Waals surface area contributed by atoms with Crippen LogP contribution in [0.15, 0.2) is 41.4 Å². The predicted molar refractivity (Wildman–Crippen MR) is 58.6 cm³/mol. The van der Waals surface area contributed by atoms with Crippen LogP contribution in [0.5, 0.6) is 0 Å². The Kier molecular flexibility index (Phi) is 3.47. The SMILES string of the molecule is CS(=O)(=O)/C(C#N)=C/Nc1ccccc1. The average Bonchev–Trinajstić information content (AvgIpc) is 2.18.